The highest BCUT2D eigenvalue weighted by atomic mass is 32.2. The van der Waals surface area contributed by atoms with Crippen molar-refractivity contribution in [3.05, 3.63) is 89.5 Å². The molecule has 2 aliphatic rings. The maximum absolute atomic E-state index is 15.0. The van der Waals surface area contributed by atoms with Crippen molar-refractivity contribution >= 4 is 21.4 Å². The zero-order valence-corrected chi connectivity index (χ0v) is 23.7. The van der Waals surface area contributed by atoms with E-state index in [1.54, 1.807) is 12.1 Å². The molecule has 3 atom stereocenters. The molecule has 0 radical (unpaired) electrons. The van der Waals surface area contributed by atoms with Gasteiger partial charge in [0.05, 0.1) is 4.90 Å². The first kappa shape index (κ1) is 31.7. The lowest BCUT2D eigenvalue weighted by atomic mass is 9.78. The van der Waals surface area contributed by atoms with E-state index in [0.717, 1.165) is 30.3 Å². The van der Waals surface area contributed by atoms with Gasteiger partial charge in [0.2, 0.25) is 5.91 Å². The molecule has 236 valence electrons. The molecule has 0 bridgehead atoms. The lowest BCUT2D eigenvalue weighted by Crippen LogP contribution is -2.53. The van der Waals surface area contributed by atoms with Crippen LogP contribution in [0.15, 0.2) is 71.9 Å². The predicted octanol–water partition coefficient (Wildman–Crippen LogP) is 5.97. The number of aromatic nitrogens is 1. The number of carbonyl (C=O) groups excluding carboxylic acids is 1. The van der Waals surface area contributed by atoms with Gasteiger partial charge in [-0.1, -0.05) is 12.1 Å². The first-order chi connectivity index (χ1) is 20.4. The zero-order chi connectivity index (χ0) is 32.3. The van der Waals surface area contributed by atoms with E-state index >= 15 is 4.39 Å². The third kappa shape index (κ3) is 4.79. The number of amides is 1. The Morgan fingerprint density at radius 3 is 2.18 bits per heavy atom. The average Bonchev–Trinajstić information content (AvgIpc) is 3.36. The Balaban J connectivity index is 1.66. The molecule has 15 heteroatoms. The van der Waals surface area contributed by atoms with Crippen LogP contribution in [0, 0.1) is 17.7 Å². The van der Waals surface area contributed by atoms with Gasteiger partial charge in [0, 0.05) is 55.6 Å². The van der Waals surface area contributed by atoms with Gasteiger partial charge >= 0.3 is 18.0 Å². The topological polar surface area (TPSA) is 79.4 Å². The minimum Gasteiger partial charge on any atom is -0.374 e. The van der Waals surface area contributed by atoms with Crippen LogP contribution in [0.1, 0.15) is 29.5 Å². The van der Waals surface area contributed by atoms with Crippen molar-refractivity contribution in [3.8, 4) is 0 Å². The van der Waals surface area contributed by atoms with Crippen LogP contribution < -0.4 is 10.2 Å². The third-order valence-corrected chi connectivity index (χ3v) is 11.2. The van der Waals surface area contributed by atoms with E-state index in [1.165, 1.54) is 24.3 Å². The van der Waals surface area contributed by atoms with Gasteiger partial charge in [0.1, 0.15) is 10.6 Å². The minimum absolute atomic E-state index is 0.000449. The monoisotopic (exact) mass is 647 g/mol. The second-order valence-corrected chi connectivity index (χ2v) is 13.1. The third-order valence-electron chi connectivity index (χ3n) is 8.58. The Kier molecular flexibility index (Phi) is 7.70. The highest BCUT2D eigenvalue weighted by molar-refractivity contribution is 7.92. The maximum atomic E-state index is 15.0. The fraction of sp³-hybridized carbons (Fsp3) is 0.379. The largest absolute Gasteiger partial charge is 0.435 e. The molecule has 2 aromatic carbocycles. The van der Waals surface area contributed by atoms with Gasteiger partial charge in [-0.05, 0) is 66.4 Å². The molecule has 1 aromatic heterocycles. The number of sulfone groups is 1. The Bertz CT molecular complexity index is 1650. The van der Waals surface area contributed by atoms with Gasteiger partial charge < -0.3 is 10.2 Å². The fourth-order valence-electron chi connectivity index (χ4n) is 6.43. The molecule has 1 fully saturated rings. The number of hydrogen-bond acceptors (Lipinski definition) is 5. The van der Waals surface area contributed by atoms with Crippen molar-refractivity contribution in [3.63, 3.8) is 0 Å². The summed E-state index contributed by atoms with van der Waals surface area (Å²) in [6.45, 7) is -0.187. The molecule has 44 heavy (non-hydrogen) atoms. The molecule has 1 N–H and O–H groups in total. The first-order valence-electron chi connectivity index (χ1n) is 13.3. The van der Waals surface area contributed by atoms with Crippen LogP contribution in [-0.4, -0.2) is 45.3 Å². The van der Waals surface area contributed by atoms with E-state index in [2.05, 4.69) is 10.3 Å². The summed E-state index contributed by atoms with van der Waals surface area (Å²) in [6.07, 6.45) is -9.95. The van der Waals surface area contributed by atoms with Crippen LogP contribution >= 0.6 is 0 Å². The molecule has 2 heterocycles. The number of rotatable bonds is 6. The van der Waals surface area contributed by atoms with Gasteiger partial charge in [-0.15, -0.1) is 0 Å². The van der Waals surface area contributed by atoms with Crippen molar-refractivity contribution in [2.75, 3.05) is 18.5 Å². The molecular weight excluding hydrogens is 622 g/mol. The molecule has 0 unspecified atom stereocenters. The zero-order valence-electron chi connectivity index (χ0n) is 22.9. The number of fused-ring (bicyclic) bond motifs is 3. The average molecular weight is 648 g/mol. The van der Waals surface area contributed by atoms with Gasteiger partial charge in [-0.3, -0.25) is 9.78 Å². The summed E-state index contributed by atoms with van der Waals surface area (Å²) in [5.74, 6) is -3.22. The van der Waals surface area contributed by atoms with E-state index in [1.807, 2.05) is 0 Å². The lowest BCUT2D eigenvalue weighted by molar-refractivity contribution is -0.348. The summed E-state index contributed by atoms with van der Waals surface area (Å²) in [7, 11) is -3.26. The van der Waals surface area contributed by atoms with Gasteiger partial charge in [-0.2, -0.15) is 26.3 Å². The fourth-order valence-corrected chi connectivity index (χ4v) is 8.83. The standard InChI is InChI=1S/C29H25F8N3O3S/c1-40-16-23-21(25(41)39-15-17-9-12-38-13-10-17)8-11-26(23,44(42,43)20-5-3-19(30)4-6-20)22-7-2-18(14-24(22)40)27(31,28(32,33)34)29(35,36)37/h2-7,9-10,12-14,21,23H,8,11,15-16H2,1H3,(H,39,41)/t21-,23+,26-/m1/s1. The highest BCUT2D eigenvalue weighted by Crippen LogP contribution is 2.61. The van der Waals surface area contributed by atoms with Gasteiger partial charge in [0.25, 0.3) is 0 Å². The van der Waals surface area contributed by atoms with Crippen molar-refractivity contribution in [1.82, 2.24) is 10.3 Å². The number of alkyl halides is 7. The molecule has 1 aliphatic carbocycles. The highest BCUT2D eigenvalue weighted by Gasteiger charge is 2.74. The summed E-state index contributed by atoms with van der Waals surface area (Å²) in [4.78, 5) is 18.2. The SMILES string of the molecule is CN1C[C@H]2[C@H](C(=O)NCc3ccncc3)CC[C@@]2(S(=O)(=O)c2ccc(F)cc2)c2ccc(C(F)(C(F)(F)F)C(F)(F)F)cc21. The van der Waals surface area contributed by atoms with Crippen LogP contribution in [0.25, 0.3) is 0 Å². The molecular formula is C29H25F8N3O3S. The van der Waals surface area contributed by atoms with Crippen LogP contribution in [-0.2, 0) is 31.6 Å². The van der Waals surface area contributed by atoms with Crippen molar-refractivity contribution in [2.45, 2.75) is 47.1 Å². The lowest BCUT2D eigenvalue weighted by Gasteiger charge is -2.46. The number of pyridine rings is 1. The van der Waals surface area contributed by atoms with Crippen molar-refractivity contribution in [1.29, 1.82) is 0 Å². The molecule has 3 aromatic rings. The van der Waals surface area contributed by atoms with E-state index in [0.29, 0.717) is 11.6 Å². The number of anilines is 1. The van der Waals surface area contributed by atoms with Crippen LogP contribution in [0.3, 0.4) is 0 Å². The van der Waals surface area contributed by atoms with E-state index in [-0.39, 0.29) is 48.1 Å². The summed E-state index contributed by atoms with van der Waals surface area (Å²) in [6, 6.07) is 8.53. The number of hydrogen-bond donors (Lipinski definition) is 1. The summed E-state index contributed by atoms with van der Waals surface area (Å²) >= 11 is 0. The quantitative estimate of drug-likeness (QED) is 0.264. The molecule has 0 saturated heterocycles. The smallest absolute Gasteiger partial charge is 0.374 e. The second kappa shape index (κ2) is 10.7. The van der Waals surface area contributed by atoms with Gasteiger partial charge in [-0.25, -0.2) is 17.2 Å². The van der Waals surface area contributed by atoms with Crippen LogP contribution in [0.5, 0.6) is 0 Å². The number of nitrogens with one attached hydrogen (secondary N) is 1. The van der Waals surface area contributed by atoms with Crippen LogP contribution in [0.2, 0.25) is 0 Å². The molecule has 1 amide bonds. The molecule has 5 rings (SSSR count). The molecule has 1 aliphatic heterocycles. The Hall–Kier alpha value is -3.75. The maximum Gasteiger partial charge on any atom is 0.435 e. The van der Waals surface area contributed by atoms with E-state index in [4.69, 9.17) is 0 Å². The van der Waals surface area contributed by atoms with Gasteiger partial charge in [0.15, 0.2) is 9.84 Å². The van der Waals surface area contributed by atoms with Crippen molar-refractivity contribution in [2.24, 2.45) is 11.8 Å². The van der Waals surface area contributed by atoms with Crippen LogP contribution in [0.4, 0.5) is 40.8 Å². The summed E-state index contributed by atoms with van der Waals surface area (Å²) in [5.41, 5.74) is -7.33. The summed E-state index contributed by atoms with van der Waals surface area (Å²) in [5, 5.41) is 2.76. The Labute approximate surface area is 247 Å². The van der Waals surface area contributed by atoms with E-state index in [9.17, 15) is 43.9 Å². The number of carbonyl (C=O) groups is 1. The minimum atomic E-state index is -6.38. The number of halogens is 8. The normalized spacial score (nSPS) is 22.3. The Morgan fingerprint density at radius 1 is 0.977 bits per heavy atom. The molecule has 6 nitrogen and oxygen atoms in total. The second-order valence-electron chi connectivity index (χ2n) is 10.9. The molecule has 1 saturated carbocycles. The van der Waals surface area contributed by atoms with E-state index < -0.39 is 61.7 Å². The molecule has 0 spiro atoms. The Morgan fingerprint density at radius 2 is 1.59 bits per heavy atom. The predicted molar refractivity (Wildman–Crippen MR) is 142 cm³/mol. The summed E-state index contributed by atoms with van der Waals surface area (Å²) < 4.78 is 137. The van der Waals surface area contributed by atoms with Crippen molar-refractivity contribution < 1.29 is 48.3 Å². The first-order valence-corrected chi connectivity index (χ1v) is 14.8. The number of benzene rings is 2. The number of nitrogens with zero attached hydrogens (tertiary/aromatic N) is 2.